The van der Waals surface area contributed by atoms with Crippen molar-refractivity contribution in [2.24, 2.45) is 10.7 Å². The quantitative estimate of drug-likeness (QED) is 0.659. The summed E-state index contributed by atoms with van der Waals surface area (Å²) in [5, 5.41) is 12.6. The number of nitrogens with two attached hydrogens (primary N) is 1. The molecule has 0 aromatic carbocycles. The van der Waals surface area contributed by atoms with Gasteiger partial charge in [-0.25, -0.2) is 0 Å². The van der Waals surface area contributed by atoms with Crippen LogP contribution in [0.4, 0.5) is 0 Å². The molecule has 0 aromatic rings. The van der Waals surface area contributed by atoms with Crippen LogP contribution in [0.2, 0.25) is 0 Å². The van der Waals surface area contributed by atoms with Gasteiger partial charge in [0.25, 0.3) is 0 Å². The third kappa shape index (κ3) is 9.72. The number of hydrogen-bond acceptors (Lipinski definition) is 4. The van der Waals surface area contributed by atoms with Gasteiger partial charge in [-0.15, -0.1) is 0 Å². The molecule has 3 atom stereocenters. The Kier molecular flexibility index (Phi) is 9.48. The van der Waals surface area contributed by atoms with Crippen LogP contribution in [0.5, 0.6) is 0 Å². The number of nitrogens with one attached hydrogen (secondary N) is 1. The SMILES string of the molecule is CC(O)CCCCC[C@H]1CCCCCC[C@@H](C)NC(N)=N1. The Morgan fingerprint density at radius 2 is 1.90 bits per heavy atom. The third-order valence-electron chi connectivity index (χ3n) is 4.30. The van der Waals surface area contributed by atoms with E-state index in [1.807, 2.05) is 6.92 Å². The number of unbranched alkanes of at least 4 members (excludes halogenated alkanes) is 2. The fourth-order valence-electron chi connectivity index (χ4n) is 3.01. The van der Waals surface area contributed by atoms with Crippen LogP contribution in [0.1, 0.15) is 84.5 Å². The maximum atomic E-state index is 9.27. The number of guanidine groups is 1. The average Bonchev–Trinajstić information content (AvgIpc) is 2.43. The highest BCUT2D eigenvalue weighted by atomic mass is 16.3. The molecule has 0 saturated carbocycles. The summed E-state index contributed by atoms with van der Waals surface area (Å²) < 4.78 is 0. The van der Waals surface area contributed by atoms with Gasteiger partial charge in [0.05, 0.1) is 12.1 Å². The van der Waals surface area contributed by atoms with Gasteiger partial charge in [-0.2, -0.15) is 0 Å². The first-order valence-corrected chi connectivity index (χ1v) is 8.86. The summed E-state index contributed by atoms with van der Waals surface area (Å²) in [4.78, 5) is 4.70. The molecule has 1 heterocycles. The predicted octanol–water partition coefficient (Wildman–Crippen LogP) is 3.33. The van der Waals surface area contributed by atoms with E-state index in [4.69, 9.17) is 10.7 Å². The smallest absolute Gasteiger partial charge is 0.189 e. The molecule has 1 unspecified atom stereocenters. The lowest BCUT2D eigenvalue weighted by molar-refractivity contribution is 0.180. The monoisotopic (exact) mass is 297 g/mol. The van der Waals surface area contributed by atoms with Gasteiger partial charge in [-0.1, -0.05) is 44.9 Å². The molecule has 1 aliphatic heterocycles. The van der Waals surface area contributed by atoms with E-state index in [0.29, 0.717) is 18.0 Å². The minimum Gasteiger partial charge on any atom is -0.393 e. The van der Waals surface area contributed by atoms with Gasteiger partial charge in [0, 0.05) is 6.04 Å². The maximum absolute atomic E-state index is 9.27. The first-order chi connectivity index (χ1) is 10.1. The van der Waals surface area contributed by atoms with Crippen molar-refractivity contribution in [3.05, 3.63) is 0 Å². The van der Waals surface area contributed by atoms with Gasteiger partial charge in [0.1, 0.15) is 0 Å². The van der Waals surface area contributed by atoms with Crippen molar-refractivity contribution in [2.75, 3.05) is 0 Å². The van der Waals surface area contributed by atoms with E-state index >= 15 is 0 Å². The highest BCUT2D eigenvalue weighted by Gasteiger charge is 2.11. The van der Waals surface area contributed by atoms with E-state index in [0.717, 1.165) is 25.7 Å². The molecule has 4 N–H and O–H groups in total. The highest BCUT2D eigenvalue weighted by Crippen LogP contribution is 2.17. The van der Waals surface area contributed by atoms with E-state index in [2.05, 4.69) is 12.2 Å². The van der Waals surface area contributed by atoms with E-state index in [-0.39, 0.29) is 6.10 Å². The van der Waals surface area contributed by atoms with E-state index < -0.39 is 0 Å². The van der Waals surface area contributed by atoms with E-state index in [1.54, 1.807) is 0 Å². The molecule has 0 fully saturated rings. The molecule has 21 heavy (non-hydrogen) atoms. The van der Waals surface area contributed by atoms with Crippen molar-refractivity contribution in [1.82, 2.24) is 5.32 Å². The summed E-state index contributed by atoms with van der Waals surface area (Å²) in [5.41, 5.74) is 6.03. The van der Waals surface area contributed by atoms with Gasteiger partial charge in [0.15, 0.2) is 5.96 Å². The normalized spacial score (nSPS) is 26.3. The molecule has 124 valence electrons. The van der Waals surface area contributed by atoms with Crippen molar-refractivity contribution >= 4 is 5.96 Å². The minimum atomic E-state index is -0.165. The maximum Gasteiger partial charge on any atom is 0.189 e. The Balaban J connectivity index is 2.36. The van der Waals surface area contributed by atoms with Crippen LogP contribution in [0.3, 0.4) is 0 Å². The number of hydrogen-bond donors (Lipinski definition) is 3. The average molecular weight is 297 g/mol. The molecule has 0 bridgehead atoms. The first-order valence-electron chi connectivity index (χ1n) is 8.86. The molecule has 0 radical (unpaired) electrons. The largest absolute Gasteiger partial charge is 0.393 e. The summed E-state index contributed by atoms with van der Waals surface area (Å²) in [6, 6.07) is 0.799. The number of nitrogens with zero attached hydrogens (tertiary/aromatic N) is 1. The van der Waals surface area contributed by atoms with Crippen molar-refractivity contribution in [2.45, 2.75) is 103 Å². The van der Waals surface area contributed by atoms with Crippen molar-refractivity contribution < 1.29 is 5.11 Å². The summed E-state index contributed by atoms with van der Waals surface area (Å²) >= 11 is 0. The lowest BCUT2D eigenvalue weighted by Gasteiger charge is -2.16. The third-order valence-corrected chi connectivity index (χ3v) is 4.30. The van der Waals surface area contributed by atoms with Crippen molar-refractivity contribution in [3.63, 3.8) is 0 Å². The Morgan fingerprint density at radius 1 is 1.19 bits per heavy atom. The van der Waals surface area contributed by atoms with Crippen LogP contribution in [-0.2, 0) is 0 Å². The molecule has 0 amide bonds. The predicted molar refractivity (Wildman–Crippen MR) is 90.5 cm³/mol. The molecular formula is C17H35N3O. The zero-order valence-electron chi connectivity index (χ0n) is 14.0. The zero-order valence-corrected chi connectivity index (χ0v) is 14.0. The lowest BCUT2D eigenvalue weighted by Crippen LogP contribution is -2.39. The Bertz CT molecular complexity index is 292. The Morgan fingerprint density at radius 3 is 2.62 bits per heavy atom. The van der Waals surface area contributed by atoms with Crippen LogP contribution < -0.4 is 11.1 Å². The highest BCUT2D eigenvalue weighted by molar-refractivity contribution is 5.78. The second-order valence-corrected chi connectivity index (χ2v) is 6.69. The van der Waals surface area contributed by atoms with Crippen molar-refractivity contribution in [3.8, 4) is 0 Å². The Labute approximate surface area is 130 Å². The van der Waals surface area contributed by atoms with Crippen LogP contribution in [0.25, 0.3) is 0 Å². The van der Waals surface area contributed by atoms with Crippen LogP contribution in [0.15, 0.2) is 4.99 Å². The van der Waals surface area contributed by atoms with Gasteiger partial charge in [-0.05, 0) is 39.5 Å². The van der Waals surface area contributed by atoms with Gasteiger partial charge < -0.3 is 16.2 Å². The molecule has 1 aliphatic rings. The van der Waals surface area contributed by atoms with Gasteiger partial charge >= 0.3 is 0 Å². The zero-order chi connectivity index (χ0) is 15.5. The second-order valence-electron chi connectivity index (χ2n) is 6.69. The molecular weight excluding hydrogens is 262 g/mol. The minimum absolute atomic E-state index is 0.165. The molecule has 0 aromatic heterocycles. The van der Waals surface area contributed by atoms with E-state index in [9.17, 15) is 5.11 Å². The van der Waals surface area contributed by atoms with Gasteiger partial charge in [-0.3, -0.25) is 4.99 Å². The molecule has 4 nitrogen and oxygen atoms in total. The molecule has 0 aliphatic carbocycles. The summed E-state index contributed by atoms with van der Waals surface area (Å²) in [6.45, 7) is 4.05. The fourth-order valence-corrected chi connectivity index (χ4v) is 3.01. The summed E-state index contributed by atoms with van der Waals surface area (Å²) in [6.07, 6.45) is 12.9. The second kappa shape index (κ2) is 10.9. The number of aliphatic hydroxyl groups excluding tert-OH is 1. The summed E-state index contributed by atoms with van der Waals surface area (Å²) in [7, 11) is 0. The lowest BCUT2D eigenvalue weighted by atomic mass is 10.0. The molecule has 4 heteroatoms. The first kappa shape index (κ1) is 18.3. The number of rotatable bonds is 6. The topological polar surface area (TPSA) is 70.6 Å². The number of aliphatic imine (C=N–C) groups is 1. The van der Waals surface area contributed by atoms with Gasteiger partial charge in [0.2, 0.25) is 0 Å². The molecule has 0 spiro atoms. The fraction of sp³-hybridized carbons (Fsp3) is 0.941. The van der Waals surface area contributed by atoms with Crippen LogP contribution >= 0.6 is 0 Å². The summed E-state index contributed by atoms with van der Waals surface area (Å²) in [5.74, 6) is 0.624. The van der Waals surface area contributed by atoms with E-state index in [1.165, 1.54) is 44.9 Å². The molecule has 1 rings (SSSR count). The van der Waals surface area contributed by atoms with Crippen LogP contribution in [0, 0.1) is 0 Å². The Hall–Kier alpha value is -0.770. The molecule has 0 saturated heterocycles. The van der Waals surface area contributed by atoms with Crippen LogP contribution in [-0.4, -0.2) is 29.3 Å². The number of aliphatic hydroxyl groups is 1. The van der Waals surface area contributed by atoms with Crippen molar-refractivity contribution in [1.29, 1.82) is 0 Å². The standard InChI is InChI=1S/C17H35N3O/c1-14-10-6-3-4-8-12-16(20-17(18)19-14)13-9-5-7-11-15(2)21/h14-16,21H,3-13H2,1-2H3,(H3,18,19,20)/t14-,15?,16-/m1/s1.